The van der Waals surface area contributed by atoms with Crippen molar-refractivity contribution >= 4 is 28.9 Å². The van der Waals surface area contributed by atoms with Crippen molar-refractivity contribution in [2.45, 2.75) is 25.7 Å². The Bertz CT molecular complexity index is 457. The zero-order valence-electron chi connectivity index (χ0n) is 10.1. The smallest absolute Gasteiger partial charge is 0.337 e. The van der Waals surface area contributed by atoms with Crippen molar-refractivity contribution < 1.29 is 9.90 Å². The number of nitrogens with one attached hydrogen (secondary N) is 1. The highest BCUT2D eigenvalue weighted by molar-refractivity contribution is 6.34. The minimum atomic E-state index is -1.02. The lowest BCUT2D eigenvalue weighted by Crippen LogP contribution is -2.14. The Morgan fingerprint density at radius 3 is 2.72 bits per heavy atom. The van der Waals surface area contributed by atoms with Crippen LogP contribution in [-0.4, -0.2) is 17.6 Å². The Hall–Kier alpha value is -1.42. The van der Waals surface area contributed by atoms with E-state index < -0.39 is 5.97 Å². The van der Waals surface area contributed by atoms with Gasteiger partial charge in [0.2, 0.25) is 0 Å². The van der Waals surface area contributed by atoms with Gasteiger partial charge in [-0.25, -0.2) is 4.79 Å². The molecular formula is C13H17ClN2O2. The number of hydrogen-bond donors (Lipinski definition) is 3. The fourth-order valence-electron chi connectivity index (χ4n) is 2.44. The van der Waals surface area contributed by atoms with Gasteiger partial charge in [0.1, 0.15) is 0 Å². The highest BCUT2D eigenvalue weighted by Crippen LogP contribution is 2.31. The molecule has 0 bridgehead atoms. The van der Waals surface area contributed by atoms with E-state index in [0.717, 1.165) is 6.54 Å². The van der Waals surface area contributed by atoms with Crippen LogP contribution < -0.4 is 11.1 Å². The van der Waals surface area contributed by atoms with Crippen molar-refractivity contribution in [2.24, 2.45) is 5.92 Å². The highest BCUT2D eigenvalue weighted by Gasteiger charge is 2.18. The first kappa shape index (κ1) is 13.0. The Morgan fingerprint density at radius 1 is 1.44 bits per heavy atom. The van der Waals surface area contributed by atoms with Gasteiger partial charge < -0.3 is 16.2 Å². The SMILES string of the molecule is Nc1cc(Cl)c(NCC2CCCC2)c(C(=O)O)c1. The molecule has 1 fully saturated rings. The van der Waals surface area contributed by atoms with Crippen LogP contribution in [0.2, 0.25) is 5.02 Å². The van der Waals surface area contributed by atoms with Crippen molar-refractivity contribution in [3.8, 4) is 0 Å². The monoisotopic (exact) mass is 268 g/mol. The number of hydrogen-bond acceptors (Lipinski definition) is 3. The molecule has 1 aromatic carbocycles. The second-order valence-corrected chi connectivity index (χ2v) is 5.17. The van der Waals surface area contributed by atoms with Gasteiger partial charge in [0.15, 0.2) is 0 Å². The van der Waals surface area contributed by atoms with Crippen molar-refractivity contribution in [1.29, 1.82) is 0 Å². The third-order valence-corrected chi connectivity index (χ3v) is 3.68. The summed E-state index contributed by atoms with van der Waals surface area (Å²) in [5.74, 6) is -0.404. The van der Waals surface area contributed by atoms with Gasteiger partial charge in [0.05, 0.1) is 16.3 Å². The second-order valence-electron chi connectivity index (χ2n) is 4.76. The molecule has 18 heavy (non-hydrogen) atoms. The molecule has 0 radical (unpaired) electrons. The molecule has 4 N–H and O–H groups in total. The van der Waals surface area contributed by atoms with E-state index >= 15 is 0 Å². The molecule has 0 aromatic heterocycles. The van der Waals surface area contributed by atoms with Gasteiger partial charge in [-0.1, -0.05) is 24.4 Å². The van der Waals surface area contributed by atoms with E-state index in [0.29, 0.717) is 22.3 Å². The lowest BCUT2D eigenvalue weighted by atomic mass is 10.1. The Labute approximate surface area is 111 Å². The molecule has 0 unspecified atom stereocenters. The summed E-state index contributed by atoms with van der Waals surface area (Å²) >= 11 is 6.06. The number of anilines is 2. The van der Waals surface area contributed by atoms with E-state index in [-0.39, 0.29) is 5.56 Å². The average Bonchev–Trinajstić information content (AvgIpc) is 2.79. The number of halogens is 1. The molecule has 1 aliphatic rings. The van der Waals surface area contributed by atoms with E-state index in [1.54, 1.807) is 6.07 Å². The van der Waals surface area contributed by atoms with Crippen LogP contribution in [-0.2, 0) is 0 Å². The summed E-state index contributed by atoms with van der Waals surface area (Å²) in [5.41, 5.74) is 6.59. The summed E-state index contributed by atoms with van der Waals surface area (Å²) in [5, 5.41) is 12.7. The van der Waals surface area contributed by atoms with Gasteiger partial charge in [0, 0.05) is 12.2 Å². The quantitative estimate of drug-likeness (QED) is 0.733. The van der Waals surface area contributed by atoms with Crippen LogP contribution in [0.15, 0.2) is 12.1 Å². The lowest BCUT2D eigenvalue weighted by molar-refractivity contribution is 0.0698. The van der Waals surface area contributed by atoms with Crippen LogP contribution in [0.3, 0.4) is 0 Å². The number of nitrogen functional groups attached to an aromatic ring is 1. The number of carboxylic acid groups (broad SMARTS) is 1. The van der Waals surface area contributed by atoms with E-state index in [9.17, 15) is 4.79 Å². The Kier molecular flexibility index (Phi) is 3.97. The normalized spacial score (nSPS) is 15.8. The van der Waals surface area contributed by atoms with Gasteiger partial charge in [-0.3, -0.25) is 0 Å². The van der Waals surface area contributed by atoms with Crippen molar-refractivity contribution in [1.82, 2.24) is 0 Å². The van der Waals surface area contributed by atoms with E-state index in [1.165, 1.54) is 31.7 Å². The maximum Gasteiger partial charge on any atom is 0.337 e. The molecule has 0 aliphatic heterocycles. The Balaban J connectivity index is 2.17. The number of carbonyl (C=O) groups is 1. The van der Waals surface area contributed by atoms with E-state index in [4.69, 9.17) is 22.4 Å². The summed E-state index contributed by atoms with van der Waals surface area (Å²) in [4.78, 5) is 11.2. The third-order valence-electron chi connectivity index (χ3n) is 3.39. The van der Waals surface area contributed by atoms with Gasteiger partial charge in [0.25, 0.3) is 0 Å². The maximum absolute atomic E-state index is 11.2. The second kappa shape index (κ2) is 5.48. The highest BCUT2D eigenvalue weighted by atomic mass is 35.5. The molecule has 0 saturated heterocycles. The first-order chi connectivity index (χ1) is 8.58. The molecule has 0 amide bonds. The fourth-order valence-corrected chi connectivity index (χ4v) is 2.73. The molecule has 1 aliphatic carbocycles. The van der Waals surface area contributed by atoms with Gasteiger partial charge >= 0.3 is 5.97 Å². The van der Waals surface area contributed by atoms with Crippen LogP contribution in [0.1, 0.15) is 36.0 Å². The van der Waals surface area contributed by atoms with Crippen molar-refractivity contribution in [2.75, 3.05) is 17.6 Å². The summed E-state index contributed by atoms with van der Waals surface area (Å²) < 4.78 is 0. The molecule has 4 nitrogen and oxygen atoms in total. The molecule has 98 valence electrons. The molecule has 0 atom stereocenters. The predicted octanol–water partition coefficient (Wildman–Crippen LogP) is 3.22. The van der Waals surface area contributed by atoms with Gasteiger partial charge in [-0.15, -0.1) is 0 Å². The molecule has 0 spiro atoms. The summed E-state index contributed by atoms with van der Waals surface area (Å²) in [6, 6.07) is 3.01. The standard InChI is InChI=1S/C13H17ClN2O2/c14-11-6-9(15)5-10(13(17)18)12(11)16-7-8-3-1-2-4-8/h5-6,8,16H,1-4,7,15H2,(H,17,18). The molecule has 2 rings (SSSR count). The first-order valence-electron chi connectivity index (χ1n) is 6.14. The number of nitrogens with two attached hydrogens (primary N) is 1. The topological polar surface area (TPSA) is 75.3 Å². The number of benzene rings is 1. The van der Waals surface area contributed by atoms with Gasteiger partial charge in [-0.05, 0) is 30.9 Å². The first-order valence-corrected chi connectivity index (χ1v) is 6.52. The van der Waals surface area contributed by atoms with Crippen LogP contribution in [0, 0.1) is 5.92 Å². The maximum atomic E-state index is 11.2. The minimum Gasteiger partial charge on any atom is -0.478 e. The van der Waals surface area contributed by atoms with Crippen molar-refractivity contribution in [3.05, 3.63) is 22.7 Å². The van der Waals surface area contributed by atoms with Crippen LogP contribution in [0.5, 0.6) is 0 Å². The van der Waals surface area contributed by atoms with Crippen LogP contribution in [0.4, 0.5) is 11.4 Å². The summed E-state index contributed by atoms with van der Waals surface area (Å²) in [6.07, 6.45) is 4.91. The lowest BCUT2D eigenvalue weighted by Gasteiger charge is -2.15. The van der Waals surface area contributed by atoms with Crippen LogP contribution in [0.25, 0.3) is 0 Å². The number of rotatable bonds is 4. The van der Waals surface area contributed by atoms with Gasteiger partial charge in [-0.2, -0.15) is 0 Å². The number of carboxylic acids is 1. The van der Waals surface area contributed by atoms with E-state index in [1.807, 2.05) is 0 Å². The van der Waals surface area contributed by atoms with E-state index in [2.05, 4.69) is 5.32 Å². The average molecular weight is 269 g/mol. The Morgan fingerprint density at radius 2 is 2.11 bits per heavy atom. The minimum absolute atomic E-state index is 0.137. The largest absolute Gasteiger partial charge is 0.478 e. The zero-order chi connectivity index (χ0) is 13.1. The summed E-state index contributed by atoms with van der Waals surface area (Å²) in [7, 11) is 0. The molecular weight excluding hydrogens is 252 g/mol. The number of aromatic carboxylic acids is 1. The predicted molar refractivity (Wildman–Crippen MR) is 73.3 cm³/mol. The summed E-state index contributed by atoms with van der Waals surface area (Å²) in [6.45, 7) is 0.768. The van der Waals surface area contributed by atoms with Crippen LogP contribution >= 0.6 is 11.6 Å². The molecule has 0 heterocycles. The zero-order valence-corrected chi connectivity index (χ0v) is 10.8. The molecule has 5 heteroatoms. The van der Waals surface area contributed by atoms with Crippen molar-refractivity contribution in [3.63, 3.8) is 0 Å². The molecule has 1 saturated carbocycles. The fraction of sp³-hybridized carbons (Fsp3) is 0.462. The molecule has 1 aromatic rings. The third kappa shape index (κ3) is 2.88.